The highest BCUT2D eigenvalue weighted by molar-refractivity contribution is 5.67. The third kappa shape index (κ3) is 6.02. The highest BCUT2D eigenvalue weighted by Crippen LogP contribution is 2.44. The first-order valence-corrected chi connectivity index (χ1v) is 13.0. The van der Waals surface area contributed by atoms with Gasteiger partial charge in [-0.05, 0) is 67.0 Å². The van der Waals surface area contributed by atoms with E-state index in [1.54, 1.807) is 19.5 Å². The molecule has 2 aromatic carbocycles. The minimum Gasteiger partial charge on any atom is -0.497 e. The first kappa shape index (κ1) is 25.4. The summed E-state index contributed by atoms with van der Waals surface area (Å²) in [7, 11) is 1.65. The zero-order valence-electron chi connectivity index (χ0n) is 21.5. The van der Waals surface area contributed by atoms with Crippen molar-refractivity contribution in [1.82, 2.24) is 20.4 Å². The summed E-state index contributed by atoms with van der Waals surface area (Å²) in [4.78, 5) is 21.4. The molecule has 0 aliphatic heterocycles. The van der Waals surface area contributed by atoms with E-state index in [0.29, 0.717) is 43.9 Å². The molecule has 2 aromatic heterocycles. The molecule has 0 spiro atoms. The summed E-state index contributed by atoms with van der Waals surface area (Å²) in [5.41, 5.74) is 2.87. The fourth-order valence-electron chi connectivity index (χ4n) is 5.13. The van der Waals surface area contributed by atoms with Crippen LogP contribution >= 0.6 is 0 Å². The summed E-state index contributed by atoms with van der Waals surface area (Å²) in [6.45, 7) is 0.504. The first-order chi connectivity index (χ1) is 18.6. The Morgan fingerprint density at radius 2 is 1.87 bits per heavy atom. The van der Waals surface area contributed by atoms with Gasteiger partial charge in [-0.2, -0.15) is 4.98 Å². The van der Waals surface area contributed by atoms with Crippen molar-refractivity contribution >= 4 is 6.09 Å². The maximum Gasteiger partial charge on any atom is 0.407 e. The second kappa shape index (κ2) is 11.9. The number of ether oxygens (including phenoxy) is 2. The van der Waals surface area contributed by atoms with Crippen LogP contribution in [0.2, 0.25) is 0 Å². The van der Waals surface area contributed by atoms with Gasteiger partial charge in [0.25, 0.3) is 0 Å². The number of benzene rings is 2. The molecule has 4 aromatic rings. The molecular formula is C30H32N4O4. The Morgan fingerprint density at radius 3 is 2.63 bits per heavy atom. The average Bonchev–Trinajstić information content (AvgIpc) is 3.43. The van der Waals surface area contributed by atoms with Crippen molar-refractivity contribution in [3.63, 3.8) is 0 Å². The Balaban J connectivity index is 1.23. The number of hydrogen-bond acceptors (Lipinski definition) is 7. The summed E-state index contributed by atoms with van der Waals surface area (Å²) >= 11 is 0. The van der Waals surface area contributed by atoms with E-state index in [2.05, 4.69) is 27.6 Å². The van der Waals surface area contributed by atoms with Gasteiger partial charge in [0.1, 0.15) is 11.9 Å². The lowest BCUT2D eigenvalue weighted by molar-refractivity contribution is 0.0616. The third-order valence-corrected chi connectivity index (χ3v) is 7.18. The Labute approximate surface area is 222 Å². The number of methoxy groups -OCH3 is 1. The van der Waals surface area contributed by atoms with Crippen molar-refractivity contribution in [2.45, 2.75) is 50.0 Å². The molecule has 1 N–H and O–H groups in total. The van der Waals surface area contributed by atoms with Gasteiger partial charge in [0.05, 0.1) is 18.9 Å². The molecule has 196 valence electrons. The van der Waals surface area contributed by atoms with Crippen molar-refractivity contribution in [2.75, 3.05) is 13.7 Å². The van der Waals surface area contributed by atoms with Crippen molar-refractivity contribution in [3.05, 3.63) is 108 Å². The zero-order chi connectivity index (χ0) is 26.2. The maximum absolute atomic E-state index is 12.4. The number of aromatic nitrogens is 3. The lowest BCUT2D eigenvalue weighted by Gasteiger charge is -2.38. The molecule has 8 nitrogen and oxygen atoms in total. The van der Waals surface area contributed by atoms with E-state index in [1.165, 1.54) is 0 Å². The van der Waals surface area contributed by atoms with Crippen LogP contribution in [0.15, 0.2) is 83.6 Å². The van der Waals surface area contributed by atoms with Gasteiger partial charge in [0, 0.05) is 18.9 Å². The first-order valence-electron chi connectivity index (χ1n) is 13.0. The van der Waals surface area contributed by atoms with Crippen molar-refractivity contribution in [2.24, 2.45) is 0 Å². The number of alkyl carbamates (subject to hydrolysis) is 1. The summed E-state index contributed by atoms with van der Waals surface area (Å²) in [6.07, 6.45) is 7.17. The molecule has 0 unspecified atom stereocenters. The van der Waals surface area contributed by atoms with E-state index in [-0.39, 0.29) is 12.2 Å². The van der Waals surface area contributed by atoms with Crippen LogP contribution in [0.25, 0.3) is 0 Å². The highest BCUT2D eigenvalue weighted by Gasteiger charge is 2.43. The Morgan fingerprint density at radius 1 is 1.05 bits per heavy atom. The number of rotatable bonds is 9. The highest BCUT2D eigenvalue weighted by atomic mass is 16.6. The molecule has 1 saturated carbocycles. The Hall–Kier alpha value is -4.20. The zero-order valence-corrected chi connectivity index (χ0v) is 21.5. The number of amides is 1. The van der Waals surface area contributed by atoms with Gasteiger partial charge in [-0.3, -0.25) is 4.98 Å². The van der Waals surface area contributed by atoms with Crippen LogP contribution in [-0.4, -0.2) is 41.0 Å². The average molecular weight is 513 g/mol. The fourth-order valence-corrected chi connectivity index (χ4v) is 5.13. The van der Waals surface area contributed by atoms with Crippen LogP contribution in [-0.2, 0) is 23.0 Å². The molecule has 1 aliphatic carbocycles. The number of carbonyl (C=O) groups is 1. The van der Waals surface area contributed by atoms with E-state index >= 15 is 0 Å². The number of carbonyl (C=O) groups excluding carboxylic acids is 1. The molecule has 38 heavy (non-hydrogen) atoms. The predicted molar refractivity (Wildman–Crippen MR) is 142 cm³/mol. The largest absolute Gasteiger partial charge is 0.497 e. The Kier molecular flexibility index (Phi) is 7.97. The van der Waals surface area contributed by atoms with Crippen LogP contribution in [0.3, 0.4) is 0 Å². The number of pyridine rings is 1. The van der Waals surface area contributed by atoms with E-state index in [9.17, 15) is 4.79 Å². The number of nitrogens with one attached hydrogen (secondary N) is 1. The molecule has 8 heteroatoms. The second-order valence-electron chi connectivity index (χ2n) is 9.63. The molecular weight excluding hydrogens is 480 g/mol. The van der Waals surface area contributed by atoms with Gasteiger partial charge in [0.2, 0.25) is 5.89 Å². The summed E-state index contributed by atoms with van der Waals surface area (Å²) in [5.74, 6) is 2.04. The summed E-state index contributed by atoms with van der Waals surface area (Å²) in [6, 6.07) is 22.0. The SMILES string of the molecule is COc1cccc(Cc2nc(C3(c4ccccc4)CCC(OC(=O)NCCc4cccnc4)CC3)no2)c1. The lowest BCUT2D eigenvalue weighted by atomic mass is 9.68. The van der Waals surface area contributed by atoms with Crippen LogP contribution < -0.4 is 10.1 Å². The molecule has 5 rings (SSSR count). The topological polar surface area (TPSA) is 99.4 Å². The number of nitrogens with zero attached hydrogens (tertiary/aromatic N) is 3. The summed E-state index contributed by atoms with van der Waals surface area (Å²) < 4.78 is 16.8. The standard InChI is InChI=1S/C30H32N4O4/c1-36-26-11-5-7-23(19-26)20-27-33-28(34-38-27)30(24-9-3-2-4-10-24)15-12-25(13-16-30)37-29(35)32-18-14-22-8-6-17-31-21-22/h2-11,17,19,21,25H,12-16,18,20H2,1H3,(H,32,35). The monoisotopic (exact) mass is 512 g/mol. The summed E-state index contributed by atoms with van der Waals surface area (Å²) in [5, 5.41) is 7.30. The van der Waals surface area contributed by atoms with E-state index in [0.717, 1.165) is 35.3 Å². The molecule has 1 amide bonds. The minimum atomic E-state index is -0.395. The smallest absolute Gasteiger partial charge is 0.407 e. The van der Waals surface area contributed by atoms with Crippen LogP contribution in [0.4, 0.5) is 4.79 Å². The molecule has 1 aliphatic rings. The lowest BCUT2D eigenvalue weighted by Crippen LogP contribution is -2.39. The van der Waals surface area contributed by atoms with Crippen molar-refractivity contribution in [3.8, 4) is 5.75 Å². The van der Waals surface area contributed by atoms with E-state index in [1.807, 2.05) is 54.6 Å². The molecule has 1 fully saturated rings. The van der Waals surface area contributed by atoms with Crippen molar-refractivity contribution in [1.29, 1.82) is 0 Å². The van der Waals surface area contributed by atoms with Crippen LogP contribution in [0, 0.1) is 0 Å². The fraction of sp³-hybridized carbons (Fsp3) is 0.333. The van der Waals surface area contributed by atoms with Gasteiger partial charge in [-0.1, -0.05) is 53.7 Å². The quantitative estimate of drug-likeness (QED) is 0.326. The van der Waals surface area contributed by atoms with Crippen molar-refractivity contribution < 1.29 is 18.8 Å². The molecule has 2 heterocycles. The van der Waals surface area contributed by atoms with Gasteiger partial charge in [-0.25, -0.2) is 4.79 Å². The maximum atomic E-state index is 12.4. The normalized spacial score (nSPS) is 19.0. The third-order valence-electron chi connectivity index (χ3n) is 7.18. The van der Waals surface area contributed by atoms with Gasteiger partial charge < -0.3 is 19.3 Å². The van der Waals surface area contributed by atoms with Gasteiger partial charge >= 0.3 is 6.09 Å². The van der Waals surface area contributed by atoms with Gasteiger partial charge in [0.15, 0.2) is 5.82 Å². The Bertz CT molecular complexity index is 1320. The predicted octanol–water partition coefficient (Wildman–Crippen LogP) is 5.26. The molecule has 0 bridgehead atoms. The van der Waals surface area contributed by atoms with Crippen LogP contribution in [0.5, 0.6) is 5.75 Å². The van der Waals surface area contributed by atoms with E-state index in [4.69, 9.17) is 19.0 Å². The van der Waals surface area contributed by atoms with E-state index < -0.39 is 5.41 Å². The molecule has 0 radical (unpaired) electrons. The number of hydrogen-bond donors (Lipinski definition) is 1. The van der Waals surface area contributed by atoms with Crippen LogP contribution in [0.1, 0.15) is 54.1 Å². The molecule has 0 atom stereocenters. The molecule has 0 saturated heterocycles. The minimum absolute atomic E-state index is 0.159. The second-order valence-corrected chi connectivity index (χ2v) is 9.63. The van der Waals surface area contributed by atoms with Gasteiger partial charge in [-0.15, -0.1) is 0 Å².